The van der Waals surface area contributed by atoms with E-state index >= 15 is 0 Å². The van der Waals surface area contributed by atoms with Gasteiger partial charge in [0, 0.05) is 17.6 Å². The molecule has 0 atom stereocenters. The predicted molar refractivity (Wildman–Crippen MR) is 57.1 cm³/mol. The van der Waals surface area contributed by atoms with Crippen LogP contribution in [0.3, 0.4) is 0 Å². The van der Waals surface area contributed by atoms with Crippen LogP contribution in [-0.2, 0) is 0 Å². The van der Waals surface area contributed by atoms with Crippen LogP contribution in [0.2, 0.25) is 0 Å². The van der Waals surface area contributed by atoms with Crippen molar-refractivity contribution in [3.63, 3.8) is 0 Å². The minimum Gasteiger partial charge on any atom is -0.463 e. The molecule has 3 heterocycles. The van der Waals surface area contributed by atoms with Gasteiger partial charge in [-0.25, -0.2) is 0 Å². The molecule has 0 saturated carbocycles. The zero-order valence-corrected chi connectivity index (χ0v) is 8.21. The van der Waals surface area contributed by atoms with Crippen LogP contribution in [0.5, 0.6) is 0 Å². The monoisotopic (exact) mass is 213 g/mol. The molecular weight excluding hydrogens is 206 g/mol. The quantitative estimate of drug-likeness (QED) is 0.614. The molecule has 16 heavy (non-hydrogen) atoms. The molecule has 0 unspecified atom stereocenters. The predicted octanol–water partition coefficient (Wildman–Crippen LogP) is 2.90. The zero-order valence-electron chi connectivity index (χ0n) is 8.21. The summed E-state index contributed by atoms with van der Waals surface area (Å²) in [6.45, 7) is 0. The van der Waals surface area contributed by atoms with Crippen LogP contribution in [0.25, 0.3) is 22.4 Å². The molecule has 0 aliphatic rings. The molecule has 3 aromatic heterocycles. The average Bonchev–Trinajstić information content (AvgIpc) is 2.97. The number of aromatic nitrogens is 1. The molecule has 0 aliphatic carbocycles. The molecule has 4 heteroatoms. The first-order valence-corrected chi connectivity index (χ1v) is 4.75. The number of hydrogen-bond acceptors (Lipinski definition) is 4. The Morgan fingerprint density at radius 1 is 1.31 bits per heavy atom. The molecule has 0 radical (unpaired) electrons. The van der Waals surface area contributed by atoms with Crippen molar-refractivity contribution in [3.8, 4) is 11.5 Å². The highest BCUT2D eigenvalue weighted by Gasteiger charge is 2.09. The minimum atomic E-state index is 0.508. The molecule has 0 aromatic carbocycles. The van der Waals surface area contributed by atoms with Crippen LogP contribution < -0.4 is 0 Å². The van der Waals surface area contributed by atoms with Crippen LogP contribution in [-0.4, -0.2) is 11.3 Å². The maximum Gasteiger partial charge on any atom is 0.153 e. The van der Waals surface area contributed by atoms with E-state index in [4.69, 9.17) is 8.83 Å². The summed E-state index contributed by atoms with van der Waals surface area (Å²) in [7, 11) is 0. The van der Waals surface area contributed by atoms with Gasteiger partial charge < -0.3 is 8.83 Å². The lowest BCUT2D eigenvalue weighted by atomic mass is 10.2. The topological polar surface area (TPSA) is 56.2 Å². The molecule has 0 fully saturated rings. The molecule has 0 saturated heterocycles. The van der Waals surface area contributed by atoms with E-state index in [1.807, 2.05) is 6.07 Å². The van der Waals surface area contributed by atoms with Crippen molar-refractivity contribution >= 4 is 17.3 Å². The minimum absolute atomic E-state index is 0.508. The van der Waals surface area contributed by atoms with Gasteiger partial charge in [0.2, 0.25) is 0 Å². The summed E-state index contributed by atoms with van der Waals surface area (Å²) in [5.74, 6) is 0.672. The van der Waals surface area contributed by atoms with Gasteiger partial charge in [0.15, 0.2) is 12.0 Å². The molecule has 3 aromatic rings. The van der Waals surface area contributed by atoms with E-state index in [0.29, 0.717) is 28.0 Å². The van der Waals surface area contributed by atoms with Gasteiger partial charge >= 0.3 is 0 Å². The molecule has 78 valence electrons. The Morgan fingerprint density at radius 3 is 3.00 bits per heavy atom. The van der Waals surface area contributed by atoms with Crippen LogP contribution >= 0.6 is 0 Å². The highest BCUT2D eigenvalue weighted by molar-refractivity contribution is 5.96. The van der Waals surface area contributed by atoms with Crippen LogP contribution in [0.1, 0.15) is 10.4 Å². The van der Waals surface area contributed by atoms with E-state index in [2.05, 4.69) is 4.98 Å². The van der Waals surface area contributed by atoms with Crippen molar-refractivity contribution < 1.29 is 13.6 Å². The fourth-order valence-electron chi connectivity index (χ4n) is 1.59. The number of pyridine rings is 1. The van der Waals surface area contributed by atoms with Crippen LogP contribution in [0.4, 0.5) is 0 Å². The molecule has 0 spiro atoms. The Balaban J connectivity index is 2.21. The normalized spacial score (nSPS) is 10.8. The zero-order chi connectivity index (χ0) is 11.0. The second-order valence-corrected chi connectivity index (χ2v) is 3.35. The summed E-state index contributed by atoms with van der Waals surface area (Å²) in [4.78, 5) is 14.9. The molecule has 3 rings (SSSR count). The number of carbonyl (C=O) groups is 1. The number of rotatable bonds is 2. The highest BCUT2D eigenvalue weighted by atomic mass is 16.3. The third kappa shape index (κ3) is 1.24. The lowest BCUT2D eigenvalue weighted by molar-refractivity contribution is 0.112. The van der Waals surface area contributed by atoms with Gasteiger partial charge in [-0.15, -0.1) is 0 Å². The number of carbonyl (C=O) groups excluding carboxylic acids is 1. The molecule has 0 aliphatic heterocycles. The first-order chi connectivity index (χ1) is 7.88. The summed E-state index contributed by atoms with van der Waals surface area (Å²) >= 11 is 0. The Labute approximate surface area is 90.5 Å². The van der Waals surface area contributed by atoms with Gasteiger partial charge in [-0.2, -0.15) is 0 Å². The van der Waals surface area contributed by atoms with E-state index in [9.17, 15) is 4.79 Å². The lowest BCUT2D eigenvalue weighted by Crippen LogP contribution is -1.81. The van der Waals surface area contributed by atoms with Crippen LogP contribution in [0, 0.1) is 0 Å². The van der Waals surface area contributed by atoms with Gasteiger partial charge in [0.1, 0.15) is 17.5 Å². The Kier molecular flexibility index (Phi) is 1.86. The van der Waals surface area contributed by atoms with E-state index in [1.54, 1.807) is 24.6 Å². The fraction of sp³-hybridized carbons (Fsp3) is 0. The summed E-state index contributed by atoms with van der Waals surface area (Å²) in [6.07, 6.45) is 5.37. The SMILES string of the molecule is O=Cc1coc2cc(-c3ccco3)ncc12. The Bertz CT molecular complexity index is 637. The smallest absolute Gasteiger partial charge is 0.153 e. The molecule has 0 bridgehead atoms. The summed E-state index contributed by atoms with van der Waals surface area (Å²) in [5.41, 5.74) is 1.82. The fourth-order valence-corrected chi connectivity index (χ4v) is 1.59. The van der Waals surface area contributed by atoms with E-state index in [-0.39, 0.29) is 0 Å². The van der Waals surface area contributed by atoms with Crippen molar-refractivity contribution in [1.29, 1.82) is 0 Å². The summed E-state index contributed by atoms with van der Waals surface area (Å²) in [5, 5.41) is 0.713. The molecule has 0 N–H and O–H groups in total. The van der Waals surface area contributed by atoms with Crippen molar-refractivity contribution in [2.75, 3.05) is 0 Å². The number of hydrogen-bond donors (Lipinski definition) is 0. The van der Waals surface area contributed by atoms with Crippen molar-refractivity contribution in [2.45, 2.75) is 0 Å². The van der Waals surface area contributed by atoms with Crippen LogP contribution in [0.15, 0.2) is 45.8 Å². The van der Waals surface area contributed by atoms with Crippen molar-refractivity contribution in [2.24, 2.45) is 0 Å². The third-order valence-electron chi connectivity index (χ3n) is 2.39. The number of aldehydes is 1. The van der Waals surface area contributed by atoms with Gasteiger partial charge in [0.25, 0.3) is 0 Å². The standard InChI is InChI=1S/C12H7NO3/c14-6-8-7-16-12-4-10(13-5-9(8)12)11-2-1-3-15-11/h1-7H. The van der Waals surface area contributed by atoms with Gasteiger partial charge in [-0.1, -0.05) is 0 Å². The third-order valence-corrected chi connectivity index (χ3v) is 2.39. The maximum atomic E-state index is 10.7. The number of furan rings is 2. The summed E-state index contributed by atoms with van der Waals surface area (Å²) in [6, 6.07) is 5.36. The second-order valence-electron chi connectivity index (χ2n) is 3.35. The average molecular weight is 213 g/mol. The summed E-state index contributed by atoms with van der Waals surface area (Å²) < 4.78 is 10.5. The van der Waals surface area contributed by atoms with Gasteiger partial charge in [0.05, 0.1) is 11.8 Å². The second kappa shape index (κ2) is 3.34. The first-order valence-electron chi connectivity index (χ1n) is 4.75. The highest BCUT2D eigenvalue weighted by Crippen LogP contribution is 2.24. The Morgan fingerprint density at radius 2 is 2.25 bits per heavy atom. The molecule has 0 amide bonds. The molecule has 4 nitrogen and oxygen atoms in total. The first kappa shape index (κ1) is 8.91. The Hall–Kier alpha value is -2.36. The number of nitrogens with zero attached hydrogens (tertiary/aromatic N) is 1. The van der Waals surface area contributed by atoms with Gasteiger partial charge in [-0.05, 0) is 12.1 Å². The lowest BCUT2D eigenvalue weighted by Gasteiger charge is -1.95. The van der Waals surface area contributed by atoms with Gasteiger partial charge in [-0.3, -0.25) is 9.78 Å². The van der Waals surface area contributed by atoms with Crippen molar-refractivity contribution in [3.05, 3.63) is 42.5 Å². The van der Waals surface area contributed by atoms with E-state index in [1.165, 1.54) is 6.26 Å². The van der Waals surface area contributed by atoms with E-state index in [0.717, 1.165) is 6.29 Å². The van der Waals surface area contributed by atoms with Crippen molar-refractivity contribution in [1.82, 2.24) is 4.98 Å². The van der Waals surface area contributed by atoms with E-state index < -0.39 is 0 Å². The molecular formula is C12H7NO3. The largest absolute Gasteiger partial charge is 0.463 e. The maximum absolute atomic E-state index is 10.7. The number of fused-ring (bicyclic) bond motifs is 1.